The van der Waals surface area contributed by atoms with Gasteiger partial charge in [-0.3, -0.25) is 9.59 Å². The molecule has 0 aromatic carbocycles. The molecular formula is C14H23ClN2O2. The van der Waals surface area contributed by atoms with E-state index in [1.54, 1.807) is 18.7 Å². The van der Waals surface area contributed by atoms with Gasteiger partial charge in [0.25, 0.3) is 0 Å². The van der Waals surface area contributed by atoms with Gasteiger partial charge >= 0.3 is 0 Å². The van der Waals surface area contributed by atoms with Crippen LogP contribution in [-0.4, -0.2) is 34.8 Å². The highest BCUT2D eigenvalue weighted by Crippen LogP contribution is 2.25. The highest BCUT2D eigenvalue weighted by molar-refractivity contribution is 6.25. The smallest absolute Gasteiger partial charge is 0.246 e. The fourth-order valence-corrected chi connectivity index (χ4v) is 2.20. The predicted octanol–water partition coefficient (Wildman–Crippen LogP) is 2.28. The number of rotatable bonds is 4. The fraction of sp³-hybridized carbons (Fsp3) is 0.714. The molecule has 2 atom stereocenters. The zero-order chi connectivity index (χ0) is 14.8. The SMILES string of the molecule is CCC(C)C1NC(=O)C(C)(C)N(CC(C)=CCl)C1=O. The largest absolute Gasteiger partial charge is 0.342 e. The number of amides is 2. The third-order valence-corrected chi connectivity index (χ3v) is 4.23. The molecule has 108 valence electrons. The van der Waals surface area contributed by atoms with Crippen molar-refractivity contribution in [1.82, 2.24) is 10.2 Å². The molecule has 1 saturated heterocycles. The second-order valence-corrected chi connectivity index (χ2v) is 5.99. The number of carbonyl (C=O) groups excluding carboxylic acids is 2. The number of piperazine rings is 1. The van der Waals surface area contributed by atoms with E-state index >= 15 is 0 Å². The van der Waals surface area contributed by atoms with Crippen molar-refractivity contribution in [1.29, 1.82) is 0 Å². The third kappa shape index (κ3) is 3.11. The summed E-state index contributed by atoms with van der Waals surface area (Å²) in [6.07, 6.45) is 0.843. The van der Waals surface area contributed by atoms with Gasteiger partial charge in [0, 0.05) is 12.1 Å². The minimum absolute atomic E-state index is 0.0307. The summed E-state index contributed by atoms with van der Waals surface area (Å²) >= 11 is 5.67. The molecule has 0 saturated carbocycles. The van der Waals surface area contributed by atoms with Crippen molar-refractivity contribution in [3.8, 4) is 0 Å². The Bertz CT molecular complexity index is 404. The summed E-state index contributed by atoms with van der Waals surface area (Å²) in [5.74, 6) is -0.0214. The second kappa shape index (κ2) is 5.95. The zero-order valence-electron chi connectivity index (χ0n) is 12.3. The molecule has 1 rings (SSSR count). The van der Waals surface area contributed by atoms with E-state index in [4.69, 9.17) is 11.6 Å². The van der Waals surface area contributed by atoms with Crippen LogP contribution in [0.1, 0.15) is 41.0 Å². The quantitative estimate of drug-likeness (QED) is 0.862. The lowest BCUT2D eigenvalue weighted by atomic mass is 9.89. The van der Waals surface area contributed by atoms with Gasteiger partial charge in [-0.05, 0) is 32.3 Å². The Morgan fingerprint density at radius 1 is 1.53 bits per heavy atom. The van der Waals surface area contributed by atoms with E-state index in [2.05, 4.69) is 5.32 Å². The molecule has 1 aliphatic rings. The van der Waals surface area contributed by atoms with Gasteiger partial charge in [-0.25, -0.2) is 0 Å². The van der Waals surface area contributed by atoms with E-state index in [0.29, 0.717) is 6.54 Å². The average molecular weight is 287 g/mol. The van der Waals surface area contributed by atoms with Crippen LogP contribution in [0.5, 0.6) is 0 Å². The molecular weight excluding hydrogens is 264 g/mol. The van der Waals surface area contributed by atoms with Gasteiger partial charge in [-0.1, -0.05) is 31.9 Å². The van der Waals surface area contributed by atoms with Crippen LogP contribution in [-0.2, 0) is 9.59 Å². The molecule has 0 aromatic heterocycles. The van der Waals surface area contributed by atoms with Crippen molar-refractivity contribution >= 4 is 23.4 Å². The lowest BCUT2D eigenvalue weighted by molar-refractivity contribution is -0.156. The molecule has 0 spiro atoms. The van der Waals surface area contributed by atoms with Crippen molar-refractivity contribution in [3.05, 3.63) is 11.1 Å². The molecule has 0 bridgehead atoms. The Kier molecular flexibility index (Phi) is 5.02. The van der Waals surface area contributed by atoms with E-state index < -0.39 is 11.6 Å². The van der Waals surface area contributed by atoms with Crippen LogP contribution in [0.3, 0.4) is 0 Å². The van der Waals surface area contributed by atoms with Gasteiger partial charge in [0.2, 0.25) is 11.8 Å². The van der Waals surface area contributed by atoms with Crippen molar-refractivity contribution in [2.75, 3.05) is 6.54 Å². The number of hydrogen-bond acceptors (Lipinski definition) is 2. The number of carbonyl (C=O) groups is 2. The topological polar surface area (TPSA) is 49.4 Å². The molecule has 1 N–H and O–H groups in total. The molecule has 1 aliphatic heterocycles. The zero-order valence-corrected chi connectivity index (χ0v) is 13.0. The summed E-state index contributed by atoms with van der Waals surface area (Å²) in [4.78, 5) is 26.4. The van der Waals surface area contributed by atoms with Gasteiger partial charge in [0.15, 0.2) is 0 Å². The lowest BCUT2D eigenvalue weighted by Crippen LogP contribution is -2.69. The highest BCUT2D eigenvalue weighted by atomic mass is 35.5. The first-order valence-corrected chi connectivity index (χ1v) is 7.07. The first-order valence-electron chi connectivity index (χ1n) is 6.64. The van der Waals surface area contributed by atoms with Crippen molar-refractivity contribution in [2.24, 2.45) is 5.92 Å². The summed E-state index contributed by atoms with van der Waals surface area (Å²) in [7, 11) is 0. The molecule has 2 unspecified atom stereocenters. The van der Waals surface area contributed by atoms with Gasteiger partial charge in [-0.2, -0.15) is 0 Å². The third-order valence-electron chi connectivity index (χ3n) is 3.86. The summed E-state index contributed by atoms with van der Waals surface area (Å²) in [6, 6.07) is -0.436. The second-order valence-electron chi connectivity index (χ2n) is 5.78. The maximum atomic E-state index is 12.6. The minimum Gasteiger partial charge on any atom is -0.342 e. The Hall–Kier alpha value is -1.03. The Labute approximate surface area is 120 Å². The van der Waals surface area contributed by atoms with Crippen molar-refractivity contribution < 1.29 is 9.59 Å². The van der Waals surface area contributed by atoms with E-state index in [1.807, 2.05) is 20.8 Å². The molecule has 2 amide bonds. The molecule has 0 aromatic rings. The molecule has 0 aliphatic carbocycles. The molecule has 5 heteroatoms. The predicted molar refractivity (Wildman–Crippen MR) is 76.8 cm³/mol. The first-order chi connectivity index (χ1) is 8.75. The number of nitrogens with zero attached hydrogens (tertiary/aromatic N) is 1. The van der Waals surface area contributed by atoms with Crippen LogP contribution in [0.2, 0.25) is 0 Å². The van der Waals surface area contributed by atoms with E-state index in [0.717, 1.165) is 12.0 Å². The van der Waals surface area contributed by atoms with Crippen LogP contribution in [0.15, 0.2) is 11.1 Å². The molecule has 4 nitrogen and oxygen atoms in total. The van der Waals surface area contributed by atoms with Crippen molar-refractivity contribution in [3.63, 3.8) is 0 Å². The minimum atomic E-state index is -0.845. The normalized spacial score (nSPS) is 25.3. The summed E-state index contributed by atoms with van der Waals surface area (Å²) in [6.45, 7) is 9.74. The van der Waals surface area contributed by atoms with Gasteiger partial charge in [0.05, 0.1) is 0 Å². The molecule has 19 heavy (non-hydrogen) atoms. The van der Waals surface area contributed by atoms with Gasteiger partial charge in [0.1, 0.15) is 11.6 Å². The van der Waals surface area contributed by atoms with Crippen LogP contribution < -0.4 is 5.32 Å². The maximum Gasteiger partial charge on any atom is 0.246 e. The van der Waals surface area contributed by atoms with E-state index in [9.17, 15) is 9.59 Å². The van der Waals surface area contributed by atoms with E-state index in [-0.39, 0.29) is 17.7 Å². The highest BCUT2D eigenvalue weighted by Gasteiger charge is 2.47. The van der Waals surface area contributed by atoms with Crippen LogP contribution in [0, 0.1) is 5.92 Å². The Morgan fingerprint density at radius 3 is 2.58 bits per heavy atom. The average Bonchev–Trinajstić information content (AvgIpc) is 2.38. The summed E-state index contributed by atoms with van der Waals surface area (Å²) in [5.41, 5.74) is 1.47. The number of halogens is 1. The summed E-state index contributed by atoms with van der Waals surface area (Å²) < 4.78 is 0. The summed E-state index contributed by atoms with van der Waals surface area (Å²) in [5, 5.41) is 2.85. The first kappa shape index (κ1) is 16.0. The standard InChI is InChI=1S/C14H23ClN2O2/c1-6-10(3)11-12(18)17(8-9(2)7-15)14(4,5)13(19)16-11/h7,10-11H,6,8H2,1-5H3,(H,16,19). The van der Waals surface area contributed by atoms with Gasteiger partial charge in [-0.15, -0.1) is 0 Å². The Morgan fingerprint density at radius 2 is 2.11 bits per heavy atom. The Balaban J connectivity index is 3.07. The van der Waals surface area contributed by atoms with Crippen LogP contribution >= 0.6 is 11.6 Å². The number of hydrogen-bond donors (Lipinski definition) is 1. The molecule has 1 heterocycles. The molecule has 1 fully saturated rings. The maximum absolute atomic E-state index is 12.6. The monoisotopic (exact) mass is 286 g/mol. The van der Waals surface area contributed by atoms with Crippen LogP contribution in [0.4, 0.5) is 0 Å². The number of nitrogens with one attached hydrogen (secondary N) is 1. The fourth-order valence-electron chi connectivity index (χ4n) is 2.13. The van der Waals surface area contributed by atoms with Crippen LogP contribution in [0.25, 0.3) is 0 Å². The van der Waals surface area contributed by atoms with E-state index in [1.165, 1.54) is 5.54 Å². The van der Waals surface area contributed by atoms with Crippen molar-refractivity contribution in [2.45, 2.75) is 52.6 Å². The van der Waals surface area contributed by atoms with Gasteiger partial charge < -0.3 is 10.2 Å². The lowest BCUT2D eigenvalue weighted by Gasteiger charge is -2.45. The molecule has 0 radical (unpaired) electrons.